The molecule has 0 spiro atoms. The van der Waals surface area contributed by atoms with Gasteiger partial charge in [-0.25, -0.2) is 4.79 Å². The van der Waals surface area contributed by atoms with Crippen LogP contribution in [0.15, 0.2) is 34.8 Å². The zero-order valence-electron chi connectivity index (χ0n) is 10.8. The third-order valence-electron chi connectivity index (χ3n) is 2.42. The molecule has 0 amide bonds. The molecular weight excluding hydrogens is 344 g/mol. The second kappa shape index (κ2) is 6.76. The molecule has 0 bridgehead atoms. The fourth-order valence-electron chi connectivity index (χ4n) is 1.62. The highest BCUT2D eigenvalue weighted by molar-refractivity contribution is 9.10. The van der Waals surface area contributed by atoms with Crippen molar-refractivity contribution in [2.24, 2.45) is 0 Å². The largest absolute Gasteiger partial charge is 0.490 e. The van der Waals surface area contributed by atoms with Crippen molar-refractivity contribution in [3.05, 3.63) is 44.6 Å². The van der Waals surface area contributed by atoms with Gasteiger partial charge in [0.1, 0.15) is 24.7 Å². The van der Waals surface area contributed by atoms with Gasteiger partial charge in [0, 0.05) is 9.35 Å². The predicted molar refractivity (Wildman–Crippen MR) is 81.1 cm³/mol. The highest BCUT2D eigenvalue weighted by Gasteiger charge is 2.15. The molecule has 106 valence electrons. The molecule has 1 heterocycles. The number of carbonyl (C=O) groups is 1. The van der Waals surface area contributed by atoms with E-state index in [-0.39, 0.29) is 4.88 Å². The van der Waals surface area contributed by atoms with Crippen LogP contribution in [0.5, 0.6) is 11.5 Å². The molecule has 1 aromatic carbocycles. The van der Waals surface area contributed by atoms with Gasteiger partial charge in [0.05, 0.1) is 0 Å². The average Bonchev–Trinajstić information content (AvgIpc) is 2.76. The number of ether oxygens (including phenoxy) is 2. The molecule has 0 aliphatic rings. The fourth-order valence-corrected chi connectivity index (χ4v) is 2.79. The Labute approximate surface area is 129 Å². The molecule has 0 atom stereocenters. The third-order valence-corrected chi connectivity index (χ3v) is 3.93. The van der Waals surface area contributed by atoms with E-state index in [4.69, 9.17) is 14.6 Å². The van der Waals surface area contributed by atoms with Crippen molar-refractivity contribution in [3.8, 4) is 11.5 Å². The summed E-state index contributed by atoms with van der Waals surface area (Å²) < 4.78 is 11.9. The monoisotopic (exact) mass is 356 g/mol. The predicted octanol–water partition coefficient (Wildman–Crippen LogP) is 3.98. The van der Waals surface area contributed by atoms with Crippen LogP contribution in [-0.2, 0) is 0 Å². The molecule has 0 fully saturated rings. The van der Waals surface area contributed by atoms with Crippen LogP contribution in [0.4, 0.5) is 0 Å². The van der Waals surface area contributed by atoms with Gasteiger partial charge in [-0.05, 0) is 31.2 Å². The topological polar surface area (TPSA) is 55.8 Å². The Bertz CT molecular complexity index is 609. The lowest BCUT2D eigenvalue weighted by Gasteiger charge is -2.08. The van der Waals surface area contributed by atoms with E-state index in [9.17, 15) is 4.79 Å². The molecule has 0 radical (unpaired) electrons. The Morgan fingerprint density at radius 3 is 2.75 bits per heavy atom. The Morgan fingerprint density at radius 2 is 2.05 bits per heavy atom. The van der Waals surface area contributed by atoms with E-state index < -0.39 is 5.97 Å². The SMILES string of the molecule is Cc1cc(OCCOc2cccc(Br)c2)c(C(=O)O)s1. The van der Waals surface area contributed by atoms with E-state index in [1.54, 1.807) is 6.07 Å². The number of benzene rings is 1. The summed E-state index contributed by atoms with van der Waals surface area (Å²) >= 11 is 4.57. The van der Waals surface area contributed by atoms with E-state index in [1.165, 1.54) is 11.3 Å². The number of hydrogen-bond acceptors (Lipinski definition) is 4. The molecule has 1 aromatic heterocycles. The molecule has 0 saturated heterocycles. The molecule has 20 heavy (non-hydrogen) atoms. The van der Waals surface area contributed by atoms with E-state index in [1.807, 2.05) is 31.2 Å². The van der Waals surface area contributed by atoms with Gasteiger partial charge in [-0.1, -0.05) is 22.0 Å². The molecule has 0 saturated carbocycles. The second-order valence-corrected chi connectivity index (χ2v) is 6.18. The standard InChI is InChI=1S/C14H13BrO4S/c1-9-7-12(13(20-9)14(16)17)19-6-5-18-11-4-2-3-10(15)8-11/h2-4,7-8H,5-6H2,1H3,(H,16,17). The average molecular weight is 357 g/mol. The first-order valence-corrected chi connectivity index (χ1v) is 7.52. The summed E-state index contributed by atoms with van der Waals surface area (Å²) in [6, 6.07) is 9.23. The molecule has 2 rings (SSSR count). The smallest absolute Gasteiger partial charge is 0.349 e. The van der Waals surface area contributed by atoms with Crippen molar-refractivity contribution >= 4 is 33.2 Å². The van der Waals surface area contributed by atoms with Crippen LogP contribution in [0.3, 0.4) is 0 Å². The number of carboxylic acid groups (broad SMARTS) is 1. The summed E-state index contributed by atoms with van der Waals surface area (Å²) in [7, 11) is 0. The maximum absolute atomic E-state index is 11.0. The first-order valence-electron chi connectivity index (χ1n) is 5.91. The summed E-state index contributed by atoms with van der Waals surface area (Å²) in [6.07, 6.45) is 0. The maximum Gasteiger partial charge on any atom is 0.349 e. The van der Waals surface area contributed by atoms with Gasteiger partial charge in [-0.15, -0.1) is 11.3 Å². The molecule has 0 aliphatic carbocycles. The van der Waals surface area contributed by atoms with E-state index in [2.05, 4.69) is 15.9 Å². The first kappa shape index (κ1) is 14.9. The van der Waals surface area contributed by atoms with Crippen LogP contribution in [0.25, 0.3) is 0 Å². The number of carboxylic acids is 1. The molecule has 0 unspecified atom stereocenters. The van der Waals surface area contributed by atoms with Gasteiger partial charge in [0.15, 0.2) is 4.88 Å². The Hall–Kier alpha value is -1.53. The second-order valence-electron chi connectivity index (χ2n) is 4.01. The van der Waals surface area contributed by atoms with Crippen molar-refractivity contribution < 1.29 is 19.4 Å². The number of thiophene rings is 1. The van der Waals surface area contributed by atoms with Crippen molar-refractivity contribution in [2.45, 2.75) is 6.92 Å². The first-order chi connectivity index (χ1) is 9.56. The zero-order valence-corrected chi connectivity index (χ0v) is 13.2. The minimum atomic E-state index is -0.967. The van der Waals surface area contributed by atoms with Crippen LogP contribution in [0.2, 0.25) is 0 Å². The summed E-state index contributed by atoms with van der Waals surface area (Å²) in [4.78, 5) is 12.2. The summed E-state index contributed by atoms with van der Waals surface area (Å²) in [5.74, 6) is 0.173. The lowest BCUT2D eigenvalue weighted by atomic mass is 10.3. The summed E-state index contributed by atoms with van der Waals surface area (Å²) in [6.45, 7) is 2.50. The maximum atomic E-state index is 11.0. The highest BCUT2D eigenvalue weighted by atomic mass is 79.9. The number of rotatable bonds is 6. The van der Waals surface area contributed by atoms with Crippen LogP contribution < -0.4 is 9.47 Å². The van der Waals surface area contributed by atoms with Crippen LogP contribution in [-0.4, -0.2) is 24.3 Å². The molecule has 4 nitrogen and oxygen atoms in total. The lowest BCUT2D eigenvalue weighted by molar-refractivity contribution is 0.0697. The number of aromatic carboxylic acids is 1. The minimum Gasteiger partial charge on any atom is -0.490 e. The molecule has 0 aliphatic heterocycles. The Morgan fingerprint density at radius 1 is 1.30 bits per heavy atom. The Balaban J connectivity index is 1.86. The summed E-state index contributed by atoms with van der Waals surface area (Å²) in [5.41, 5.74) is 0. The number of hydrogen-bond donors (Lipinski definition) is 1. The molecule has 6 heteroatoms. The van der Waals surface area contributed by atoms with E-state index in [0.29, 0.717) is 19.0 Å². The van der Waals surface area contributed by atoms with E-state index in [0.717, 1.165) is 15.1 Å². The van der Waals surface area contributed by atoms with Gasteiger partial charge in [0.25, 0.3) is 0 Å². The number of aryl methyl sites for hydroxylation is 1. The lowest BCUT2D eigenvalue weighted by Crippen LogP contribution is -2.10. The zero-order chi connectivity index (χ0) is 14.5. The highest BCUT2D eigenvalue weighted by Crippen LogP contribution is 2.28. The van der Waals surface area contributed by atoms with Gasteiger partial charge >= 0.3 is 5.97 Å². The normalized spacial score (nSPS) is 10.3. The third kappa shape index (κ3) is 3.98. The van der Waals surface area contributed by atoms with Crippen LogP contribution in [0.1, 0.15) is 14.5 Å². The van der Waals surface area contributed by atoms with Crippen molar-refractivity contribution in [2.75, 3.05) is 13.2 Å². The van der Waals surface area contributed by atoms with Crippen molar-refractivity contribution in [1.82, 2.24) is 0 Å². The van der Waals surface area contributed by atoms with Gasteiger partial charge in [0.2, 0.25) is 0 Å². The number of halogens is 1. The Kier molecular flexibility index (Phi) is 5.03. The van der Waals surface area contributed by atoms with Gasteiger partial charge in [-0.2, -0.15) is 0 Å². The van der Waals surface area contributed by atoms with Crippen LogP contribution >= 0.6 is 27.3 Å². The molecule has 1 N–H and O–H groups in total. The van der Waals surface area contributed by atoms with Gasteiger partial charge < -0.3 is 14.6 Å². The van der Waals surface area contributed by atoms with Gasteiger partial charge in [-0.3, -0.25) is 0 Å². The molecular formula is C14H13BrO4S. The fraction of sp³-hybridized carbons (Fsp3) is 0.214. The van der Waals surface area contributed by atoms with Crippen molar-refractivity contribution in [3.63, 3.8) is 0 Å². The summed E-state index contributed by atoms with van der Waals surface area (Å²) in [5, 5.41) is 9.04. The molecule has 2 aromatic rings. The van der Waals surface area contributed by atoms with E-state index >= 15 is 0 Å². The van der Waals surface area contributed by atoms with Crippen molar-refractivity contribution in [1.29, 1.82) is 0 Å². The minimum absolute atomic E-state index is 0.227. The van der Waals surface area contributed by atoms with Crippen LogP contribution in [0, 0.1) is 6.92 Å². The quantitative estimate of drug-likeness (QED) is 0.795.